The maximum Gasteiger partial charge on any atom is 0.248 e. The number of nitrogens with one attached hydrogen (secondary N) is 2. The summed E-state index contributed by atoms with van der Waals surface area (Å²) < 4.78 is 5.84. The first-order valence-electron chi connectivity index (χ1n) is 10.1. The number of carbonyl (C=O) groups is 1. The van der Waals surface area contributed by atoms with Gasteiger partial charge in [0, 0.05) is 11.5 Å². The first kappa shape index (κ1) is 19.6. The van der Waals surface area contributed by atoms with Gasteiger partial charge in [0.2, 0.25) is 11.7 Å². The summed E-state index contributed by atoms with van der Waals surface area (Å²) in [5.74, 6) is 0.614. The average molecular weight is 401 g/mol. The minimum Gasteiger partial charge on any atom is -0.450 e. The molecule has 2 aromatic heterocycles. The molecule has 0 aliphatic carbocycles. The Balaban J connectivity index is 1.43. The molecule has 0 atom stereocenters. The van der Waals surface area contributed by atoms with E-state index < -0.39 is 0 Å². The number of para-hydroxylation sites is 1. The van der Waals surface area contributed by atoms with Crippen LogP contribution in [-0.2, 0) is 11.2 Å². The third-order valence-corrected chi connectivity index (χ3v) is 4.84. The van der Waals surface area contributed by atoms with Crippen LogP contribution in [0.5, 0.6) is 0 Å². The molecule has 0 saturated heterocycles. The van der Waals surface area contributed by atoms with Crippen molar-refractivity contribution < 1.29 is 9.21 Å². The zero-order valence-corrected chi connectivity index (χ0v) is 16.8. The van der Waals surface area contributed by atoms with Gasteiger partial charge in [-0.05, 0) is 47.4 Å². The van der Waals surface area contributed by atoms with E-state index in [0.717, 1.165) is 17.4 Å². The molecule has 2 N–H and O–H groups in total. The van der Waals surface area contributed by atoms with Crippen LogP contribution in [-0.4, -0.2) is 26.5 Å². The van der Waals surface area contributed by atoms with Gasteiger partial charge in [0.25, 0.3) is 0 Å². The van der Waals surface area contributed by atoms with Crippen LogP contribution in [0.1, 0.15) is 37.3 Å². The summed E-state index contributed by atoms with van der Waals surface area (Å²) in [4.78, 5) is 12.4. The molecule has 0 spiro atoms. The highest BCUT2D eigenvalue weighted by Gasteiger charge is 2.13. The largest absolute Gasteiger partial charge is 0.450 e. The van der Waals surface area contributed by atoms with Crippen molar-refractivity contribution in [1.82, 2.24) is 20.6 Å². The van der Waals surface area contributed by atoms with Crippen molar-refractivity contribution in [2.24, 2.45) is 0 Å². The fourth-order valence-corrected chi connectivity index (χ4v) is 3.26. The maximum atomic E-state index is 12.4. The summed E-state index contributed by atoms with van der Waals surface area (Å²) in [5, 5.41) is 17.5. The number of aryl methyl sites for hydroxylation is 1. The van der Waals surface area contributed by atoms with E-state index in [0.29, 0.717) is 22.9 Å². The SMILES string of the molecule is CCCCCc1ccc(C=CC(=O)Nc2cccc3cc(-c4nn[nH]n4)oc23)cc1. The molecule has 0 unspecified atom stereocenters. The molecule has 1 amide bonds. The van der Waals surface area contributed by atoms with E-state index in [1.807, 2.05) is 30.3 Å². The number of aromatic nitrogens is 4. The molecule has 0 aliphatic heterocycles. The normalized spacial score (nSPS) is 11.4. The molecular formula is C23H23N5O2. The number of furan rings is 1. The molecule has 4 rings (SSSR count). The molecule has 2 aromatic carbocycles. The average Bonchev–Trinajstić information content (AvgIpc) is 3.43. The van der Waals surface area contributed by atoms with Crippen molar-refractivity contribution >= 4 is 28.6 Å². The zero-order valence-electron chi connectivity index (χ0n) is 16.8. The van der Waals surface area contributed by atoms with Crippen LogP contribution in [0.15, 0.2) is 59.0 Å². The lowest BCUT2D eigenvalue weighted by Gasteiger charge is -2.03. The highest BCUT2D eigenvalue weighted by molar-refractivity contribution is 6.06. The summed E-state index contributed by atoms with van der Waals surface area (Å²) in [6.07, 6.45) is 8.10. The molecule has 0 fully saturated rings. The summed E-state index contributed by atoms with van der Waals surface area (Å²) in [5.41, 5.74) is 3.46. The standard InChI is InChI=1S/C23H23N5O2/c1-2-3-4-6-16-9-11-17(12-10-16)13-14-21(29)24-19-8-5-7-18-15-20(30-22(18)19)23-25-27-28-26-23/h5,7-15H,2-4,6H2,1H3,(H,24,29)(H,25,26,27,28). The molecule has 30 heavy (non-hydrogen) atoms. The number of H-pyrrole nitrogens is 1. The van der Waals surface area contributed by atoms with Crippen molar-refractivity contribution in [2.45, 2.75) is 32.6 Å². The minimum absolute atomic E-state index is 0.230. The van der Waals surface area contributed by atoms with E-state index in [1.54, 1.807) is 12.1 Å². The molecule has 0 saturated carbocycles. The number of aromatic amines is 1. The van der Waals surface area contributed by atoms with E-state index >= 15 is 0 Å². The van der Waals surface area contributed by atoms with Crippen LogP contribution >= 0.6 is 0 Å². The van der Waals surface area contributed by atoms with E-state index in [9.17, 15) is 4.79 Å². The number of benzene rings is 2. The number of unbranched alkanes of at least 4 members (excludes halogenated alkanes) is 2. The van der Waals surface area contributed by atoms with E-state index in [4.69, 9.17) is 4.42 Å². The quantitative estimate of drug-likeness (QED) is 0.320. The van der Waals surface area contributed by atoms with Gasteiger partial charge in [-0.3, -0.25) is 4.79 Å². The highest BCUT2D eigenvalue weighted by Crippen LogP contribution is 2.30. The molecule has 2 heterocycles. The number of hydrogen-bond acceptors (Lipinski definition) is 5. The summed E-state index contributed by atoms with van der Waals surface area (Å²) >= 11 is 0. The summed E-state index contributed by atoms with van der Waals surface area (Å²) in [7, 11) is 0. The molecule has 4 aromatic rings. The zero-order chi connectivity index (χ0) is 20.8. The van der Waals surface area contributed by atoms with Crippen LogP contribution < -0.4 is 5.32 Å². The first-order valence-corrected chi connectivity index (χ1v) is 10.1. The number of nitrogens with zero attached hydrogens (tertiary/aromatic N) is 3. The van der Waals surface area contributed by atoms with Crippen molar-refractivity contribution in [3.05, 3.63) is 65.7 Å². The van der Waals surface area contributed by atoms with E-state index in [-0.39, 0.29) is 5.91 Å². The summed E-state index contributed by atoms with van der Waals surface area (Å²) in [6, 6.07) is 15.7. The third-order valence-electron chi connectivity index (χ3n) is 4.84. The van der Waals surface area contributed by atoms with Gasteiger partial charge in [-0.1, -0.05) is 56.2 Å². The maximum absolute atomic E-state index is 12.4. The second-order valence-electron chi connectivity index (χ2n) is 7.09. The molecule has 152 valence electrons. The van der Waals surface area contributed by atoms with Gasteiger partial charge in [-0.25, -0.2) is 0 Å². The first-order chi connectivity index (χ1) is 14.7. The number of tetrazole rings is 1. The number of hydrogen-bond donors (Lipinski definition) is 2. The second kappa shape index (κ2) is 9.17. The fraction of sp³-hybridized carbons (Fsp3) is 0.217. The third kappa shape index (κ3) is 4.63. The Bertz CT molecular complexity index is 1140. The Morgan fingerprint density at radius 3 is 2.80 bits per heavy atom. The lowest BCUT2D eigenvalue weighted by atomic mass is 10.1. The molecule has 7 nitrogen and oxygen atoms in total. The van der Waals surface area contributed by atoms with Crippen LogP contribution in [0.2, 0.25) is 0 Å². The second-order valence-corrected chi connectivity index (χ2v) is 7.09. The Kier molecular flexibility index (Phi) is 5.98. The van der Waals surface area contributed by atoms with Crippen molar-refractivity contribution in [3.63, 3.8) is 0 Å². The van der Waals surface area contributed by atoms with Crippen LogP contribution in [0.25, 0.3) is 28.6 Å². The topological polar surface area (TPSA) is 96.7 Å². The summed E-state index contributed by atoms with van der Waals surface area (Å²) in [6.45, 7) is 2.21. The molecule has 0 bridgehead atoms. The number of fused-ring (bicyclic) bond motifs is 1. The van der Waals surface area contributed by atoms with Gasteiger partial charge in [0.05, 0.1) is 5.69 Å². The van der Waals surface area contributed by atoms with Gasteiger partial charge >= 0.3 is 0 Å². The van der Waals surface area contributed by atoms with Gasteiger partial charge in [0.1, 0.15) is 0 Å². The lowest BCUT2D eigenvalue weighted by Crippen LogP contribution is -2.07. The van der Waals surface area contributed by atoms with Gasteiger partial charge in [-0.15, -0.1) is 10.2 Å². The van der Waals surface area contributed by atoms with Gasteiger partial charge in [-0.2, -0.15) is 5.21 Å². The van der Waals surface area contributed by atoms with Gasteiger partial charge in [0.15, 0.2) is 11.3 Å². The van der Waals surface area contributed by atoms with Crippen molar-refractivity contribution in [3.8, 4) is 11.6 Å². The number of anilines is 1. The minimum atomic E-state index is -0.230. The Morgan fingerprint density at radius 2 is 2.03 bits per heavy atom. The number of amides is 1. The molecule has 0 radical (unpaired) electrons. The Morgan fingerprint density at radius 1 is 1.17 bits per heavy atom. The van der Waals surface area contributed by atoms with Crippen LogP contribution in [0.4, 0.5) is 5.69 Å². The molecule has 7 heteroatoms. The van der Waals surface area contributed by atoms with Gasteiger partial charge < -0.3 is 9.73 Å². The Labute approximate surface area is 174 Å². The predicted octanol–water partition coefficient (Wildman–Crippen LogP) is 5.00. The smallest absolute Gasteiger partial charge is 0.248 e. The van der Waals surface area contributed by atoms with Crippen molar-refractivity contribution in [2.75, 3.05) is 5.32 Å². The van der Waals surface area contributed by atoms with E-state index in [2.05, 4.69) is 45.0 Å². The van der Waals surface area contributed by atoms with Crippen LogP contribution in [0.3, 0.4) is 0 Å². The monoisotopic (exact) mass is 401 g/mol. The molecular weight excluding hydrogens is 378 g/mol. The lowest BCUT2D eigenvalue weighted by molar-refractivity contribution is -0.111. The molecule has 0 aliphatic rings. The van der Waals surface area contributed by atoms with Crippen molar-refractivity contribution in [1.29, 1.82) is 0 Å². The number of carbonyl (C=O) groups excluding carboxylic acids is 1. The number of rotatable bonds is 8. The van der Waals surface area contributed by atoms with Crippen LogP contribution in [0, 0.1) is 0 Å². The van der Waals surface area contributed by atoms with E-state index in [1.165, 1.54) is 30.9 Å². The fourth-order valence-electron chi connectivity index (χ4n) is 3.26. The highest BCUT2D eigenvalue weighted by atomic mass is 16.3. The predicted molar refractivity (Wildman–Crippen MR) is 117 cm³/mol. The Hall–Kier alpha value is -3.74.